The number of rotatable bonds is 6. The molecule has 0 bridgehead atoms. The molecular weight excluding hydrogens is 538 g/mol. The van der Waals surface area contributed by atoms with E-state index in [4.69, 9.17) is 14.5 Å². The van der Waals surface area contributed by atoms with Gasteiger partial charge in [-0.05, 0) is 92.3 Å². The second-order valence-corrected chi connectivity index (χ2v) is 15.2. The fourth-order valence-electron chi connectivity index (χ4n) is 10.4. The van der Waals surface area contributed by atoms with Crippen molar-refractivity contribution in [2.75, 3.05) is 13.2 Å². The minimum absolute atomic E-state index is 0.0580. The summed E-state index contributed by atoms with van der Waals surface area (Å²) in [7, 11) is 0. The van der Waals surface area contributed by atoms with Crippen molar-refractivity contribution in [2.45, 2.75) is 128 Å². The lowest BCUT2D eigenvalue weighted by atomic mass is 9.45. The van der Waals surface area contributed by atoms with E-state index in [1.807, 2.05) is 0 Å². The molecule has 4 aliphatic carbocycles. The van der Waals surface area contributed by atoms with Gasteiger partial charge < -0.3 is 40.1 Å². The molecule has 0 unspecified atom stereocenters. The van der Waals surface area contributed by atoms with Gasteiger partial charge in [0.25, 0.3) is 0 Å². The minimum Gasteiger partial charge on any atom is -0.394 e. The summed E-state index contributed by atoms with van der Waals surface area (Å²) in [6.07, 6.45) is 1.35. The van der Waals surface area contributed by atoms with E-state index in [0.717, 1.165) is 44.2 Å². The van der Waals surface area contributed by atoms with E-state index < -0.39 is 55.6 Å². The molecule has 4 fully saturated rings. The van der Waals surface area contributed by atoms with Crippen LogP contribution in [0.15, 0.2) is 16.6 Å². The summed E-state index contributed by atoms with van der Waals surface area (Å²) < 4.78 is 12.4. The van der Waals surface area contributed by atoms with Gasteiger partial charge in [-0.2, -0.15) is 0 Å². The number of ether oxygens (including phenoxy) is 2. The lowest BCUT2D eigenvalue weighted by Gasteiger charge is -2.61. The fourth-order valence-corrected chi connectivity index (χ4v) is 10.4. The van der Waals surface area contributed by atoms with Gasteiger partial charge in [0, 0.05) is 17.7 Å². The van der Waals surface area contributed by atoms with Gasteiger partial charge in [0.2, 0.25) is 0 Å². The van der Waals surface area contributed by atoms with E-state index in [1.54, 1.807) is 0 Å². The second-order valence-electron chi connectivity index (χ2n) is 15.2. The van der Waals surface area contributed by atoms with Crippen molar-refractivity contribution in [3.63, 3.8) is 0 Å². The first-order chi connectivity index (χ1) is 19.9. The Kier molecular flexibility index (Phi) is 8.49. The average molecular weight is 592 g/mol. The number of aliphatic imine (C=N–C) groups is 1. The molecule has 2 aliphatic heterocycles. The molecule has 0 aromatic heterocycles. The zero-order valence-electron chi connectivity index (χ0n) is 25.7. The smallest absolute Gasteiger partial charge is 0.187 e. The van der Waals surface area contributed by atoms with E-state index in [2.05, 4.69) is 33.8 Å². The molecule has 0 spiro atoms. The maximum Gasteiger partial charge on any atom is 0.187 e. The van der Waals surface area contributed by atoms with Crippen LogP contribution in [0.4, 0.5) is 0 Å². The van der Waals surface area contributed by atoms with Crippen molar-refractivity contribution in [1.29, 1.82) is 0 Å². The summed E-state index contributed by atoms with van der Waals surface area (Å²) in [5.74, 6) is 1.58. The van der Waals surface area contributed by atoms with Crippen molar-refractivity contribution >= 4 is 5.71 Å². The Morgan fingerprint density at radius 3 is 2.52 bits per heavy atom. The van der Waals surface area contributed by atoms with Gasteiger partial charge in [-0.25, -0.2) is 0 Å². The predicted octanol–water partition coefficient (Wildman–Crippen LogP) is 2.20. The molecule has 6 aliphatic rings. The molecule has 0 aromatic rings. The summed E-state index contributed by atoms with van der Waals surface area (Å²) in [6, 6.07) is 0. The van der Waals surface area contributed by atoms with Gasteiger partial charge in [-0.15, -0.1) is 0 Å². The Morgan fingerprint density at radius 2 is 1.83 bits per heavy atom. The van der Waals surface area contributed by atoms with Crippen LogP contribution in [0.2, 0.25) is 0 Å². The van der Waals surface area contributed by atoms with Gasteiger partial charge in [0.05, 0.1) is 24.9 Å². The van der Waals surface area contributed by atoms with Crippen LogP contribution in [0.1, 0.15) is 79.1 Å². The summed E-state index contributed by atoms with van der Waals surface area (Å²) >= 11 is 0. The molecule has 2 heterocycles. The lowest BCUT2D eigenvalue weighted by Crippen LogP contribution is -2.60. The van der Waals surface area contributed by atoms with Gasteiger partial charge in [-0.1, -0.05) is 39.3 Å². The summed E-state index contributed by atoms with van der Waals surface area (Å²) in [5.41, 5.74) is 1.94. The molecule has 6 rings (SSSR count). The van der Waals surface area contributed by atoms with E-state index in [1.165, 1.54) is 12.1 Å². The fraction of sp³-hybridized carbons (Fsp3) is 0.909. The zero-order valence-corrected chi connectivity index (χ0v) is 25.7. The second kappa shape index (κ2) is 11.5. The highest BCUT2D eigenvalue weighted by Crippen LogP contribution is 2.67. The van der Waals surface area contributed by atoms with Gasteiger partial charge >= 0.3 is 0 Å². The van der Waals surface area contributed by atoms with Crippen molar-refractivity contribution in [1.82, 2.24) is 0 Å². The molecule has 6 N–H and O–H groups in total. The molecule has 9 heteroatoms. The average Bonchev–Trinajstić information content (AvgIpc) is 3.46. The monoisotopic (exact) mass is 591 g/mol. The zero-order chi connectivity index (χ0) is 30.1. The van der Waals surface area contributed by atoms with E-state index in [0.29, 0.717) is 30.6 Å². The van der Waals surface area contributed by atoms with E-state index in [-0.39, 0.29) is 28.6 Å². The molecule has 42 heavy (non-hydrogen) atoms. The van der Waals surface area contributed by atoms with Gasteiger partial charge in [-0.3, -0.25) is 4.99 Å². The molecule has 16 atom stereocenters. The highest BCUT2D eigenvalue weighted by Gasteiger charge is 2.65. The Labute approximate surface area is 250 Å². The molecule has 3 saturated carbocycles. The number of hydrogen-bond acceptors (Lipinski definition) is 9. The Bertz CT molecular complexity index is 1070. The van der Waals surface area contributed by atoms with Crippen LogP contribution in [0.3, 0.4) is 0 Å². The minimum atomic E-state index is -1.39. The Hall–Kier alpha value is -0.910. The first-order valence-electron chi connectivity index (χ1n) is 16.5. The van der Waals surface area contributed by atoms with Crippen LogP contribution in [-0.4, -0.2) is 98.5 Å². The van der Waals surface area contributed by atoms with Crippen LogP contribution in [-0.2, 0) is 9.47 Å². The molecule has 238 valence electrons. The van der Waals surface area contributed by atoms with Crippen LogP contribution >= 0.6 is 0 Å². The third-order valence-electron chi connectivity index (χ3n) is 13.0. The molecular formula is C33H53NO8. The number of nitrogens with zero attached hydrogens (tertiary/aromatic N) is 1. The Balaban J connectivity index is 1.34. The van der Waals surface area contributed by atoms with Crippen LogP contribution in [0.5, 0.6) is 0 Å². The van der Waals surface area contributed by atoms with E-state index in [9.17, 15) is 30.6 Å². The summed E-state index contributed by atoms with van der Waals surface area (Å²) in [5, 5.41) is 63.8. The van der Waals surface area contributed by atoms with Gasteiger partial charge in [0.15, 0.2) is 6.29 Å². The highest BCUT2D eigenvalue weighted by molar-refractivity contribution is 5.87. The third kappa shape index (κ3) is 4.85. The highest BCUT2D eigenvalue weighted by atomic mass is 16.7. The molecule has 1 saturated heterocycles. The predicted molar refractivity (Wildman–Crippen MR) is 156 cm³/mol. The standard InChI is InChI=1S/C33H53NO8/c1-16-5-8-23(34-14-16)17(2)20-6-7-21-27-22(13-26(38)33(20,21)4)32(3)10-9-19(36)11-18(32)12-25(27)41-31-29(40)28(39)30(42-31)24(37)15-35/h12,16-17,19-22,24-31,35-40H,5-11,13-15H2,1-4H3/t16-,17-,19-,20+,21-,22-,24-,25+,26-,27-,28-,29-,30+,31-,32-,33+/m0/s1. The van der Waals surface area contributed by atoms with Crippen LogP contribution in [0.25, 0.3) is 0 Å². The number of aliphatic hydroxyl groups is 6. The molecule has 0 amide bonds. The quantitative estimate of drug-likeness (QED) is 0.257. The first kappa shape index (κ1) is 31.1. The van der Waals surface area contributed by atoms with E-state index >= 15 is 0 Å². The molecule has 9 nitrogen and oxygen atoms in total. The maximum atomic E-state index is 12.1. The molecule has 0 radical (unpaired) electrons. The topological polar surface area (TPSA) is 152 Å². The third-order valence-corrected chi connectivity index (χ3v) is 13.0. The largest absolute Gasteiger partial charge is 0.394 e. The maximum absolute atomic E-state index is 12.1. The van der Waals surface area contributed by atoms with Crippen LogP contribution < -0.4 is 0 Å². The first-order valence-corrected chi connectivity index (χ1v) is 16.5. The number of fused-ring (bicyclic) bond motifs is 5. The summed E-state index contributed by atoms with van der Waals surface area (Å²) in [4.78, 5) is 5.00. The van der Waals surface area contributed by atoms with Crippen molar-refractivity contribution in [2.24, 2.45) is 51.3 Å². The number of aliphatic hydroxyl groups excluding tert-OH is 6. The normalized spacial score (nSPS) is 52.0. The molecule has 0 aromatic carbocycles. The number of hydrogen-bond donors (Lipinski definition) is 6. The van der Waals surface area contributed by atoms with Crippen molar-refractivity contribution in [3.8, 4) is 0 Å². The van der Waals surface area contributed by atoms with Crippen molar-refractivity contribution < 1.29 is 40.1 Å². The lowest BCUT2D eigenvalue weighted by molar-refractivity contribution is -0.231. The summed E-state index contributed by atoms with van der Waals surface area (Å²) in [6.45, 7) is 9.42. The van der Waals surface area contributed by atoms with Crippen molar-refractivity contribution in [3.05, 3.63) is 11.6 Å². The SMILES string of the molecule is C[C@H]1CCC([C@@H](C)[C@H]2CC[C@H]3[C@@H]4[C@H](O[C@H]5O[C@H]([C@@H](O)CO)[C@@H](O)[C@@H]5O)C=C5C[C@@H](O)CC[C@]5(C)[C@H]4C[C@H](O)[C@]23C)=NC1. The Morgan fingerprint density at radius 1 is 1.07 bits per heavy atom. The van der Waals surface area contributed by atoms with Gasteiger partial charge in [0.1, 0.15) is 24.4 Å². The van der Waals surface area contributed by atoms with Crippen LogP contribution in [0, 0.1) is 46.3 Å².